The minimum Gasteiger partial charge on any atom is -0.475 e. The number of nitro groups is 1. The van der Waals surface area contributed by atoms with Crippen molar-refractivity contribution in [2.75, 3.05) is 56.2 Å². The van der Waals surface area contributed by atoms with E-state index in [-0.39, 0.29) is 22.9 Å². The van der Waals surface area contributed by atoms with Crippen LogP contribution in [0.2, 0.25) is 5.02 Å². The number of rotatable bonds is 14. The van der Waals surface area contributed by atoms with Gasteiger partial charge < -0.3 is 24.8 Å². The number of hydrogen-bond donors (Lipinski definition) is 3. The van der Waals surface area contributed by atoms with Gasteiger partial charge in [0.2, 0.25) is 0 Å². The van der Waals surface area contributed by atoms with Crippen LogP contribution >= 0.6 is 11.6 Å². The maximum Gasteiger partial charge on any atom is 0.490 e. The summed E-state index contributed by atoms with van der Waals surface area (Å²) in [7, 11) is -4.57. The van der Waals surface area contributed by atoms with Crippen molar-refractivity contribution in [3.8, 4) is 33.8 Å². The van der Waals surface area contributed by atoms with E-state index in [1.807, 2.05) is 78.9 Å². The van der Waals surface area contributed by atoms with Crippen molar-refractivity contribution >= 4 is 50.6 Å². The molecule has 19 heteroatoms. The molecule has 0 spiro atoms. The number of nitro benzene ring substituents is 1. The lowest BCUT2D eigenvalue weighted by molar-refractivity contribution is -0.384. The van der Waals surface area contributed by atoms with Crippen molar-refractivity contribution in [2.45, 2.75) is 30.5 Å². The first-order valence-corrected chi connectivity index (χ1v) is 23.7. The highest BCUT2D eigenvalue weighted by Gasteiger charge is 2.38. The Balaban J connectivity index is 0.000000933. The van der Waals surface area contributed by atoms with Crippen LogP contribution in [-0.2, 0) is 26.1 Å². The number of sulfonamides is 1. The van der Waals surface area contributed by atoms with Crippen molar-refractivity contribution in [1.82, 2.24) is 9.62 Å². The summed E-state index contributed by atoms with van der Waals surface area (Å²) < 4.78 is 73.4. The highest BCUT2D eigenvalue weighted by atomic mass is 35.5. The van der Waals surface area contributed by atoms with Gasteiger partial charge in [0.1, 0.15) is 17.2 Å². The van der Waals surface area contributed by atoms with Crippen molar-refractivity contribution < 1.29 is 50.7 Å². The Morgan fingerprint density at radius 3 is 2.09 bits per heavy atom. The van der Waals surface area contributed by atoms with Crippen LogP contribution in [0.3, 0.4) is 0 Å². The molecule has 2 fully saturated rings. The third kappa shape index (κ3) is 13.2. The van der Waals surface area contributed by atoms with E-state index in [1.54, 1.807) is 24.3 Å². The first-order chi connectivity index (χ1) is 33.1. The molecular weight excluding hydrogens is 939 g/mol. The van der Waals surface area contributed by atoms with Crippen LogP contribution in [-0.4, -0.2) is 87.3 Å². The van der Waals surface area contributed by atoms with E-state index in [9.17, 15) is 36.5 Å². The first kappa shape index (κ1) is 49.9. The molecule has 6 aromatic carbocycles. The summed E-state index contributed by atoms with van der Waals surface area (Å²) in [5.41, 5.74) is 5.72. The van der Waals surface area contributed by atoms with Gasteiger partial charge in [-0.15, -0.1) is 0 Å². The van der Waals surface area contributed by atoms with Gasteiger partial charge in [0.15, 0.2) is 0 Å². The number of piperazine rings is 1. The Hall–Kier alpha value is -6.99. The summed E-state index contributed by atoms with van der Waals surface area (Å²) in [5, 5.41) is 23.0. The molecule has 0 unspecified atom stereocenters. The maximum absolute atomic E-state index is 14.1. The number of anilines is 2. The molecule has 360 valence electrons. The van der Waals surface area contributed by atoms with Crippen LogP contribution < -0.4 is 19.7 Å². The van der Waals surface area contributed by atoms with Crippen LogP contribution in [0.1, 0.15) is 28.8 Å². The number of hydrogen-bond acceptors (Lipinski definition) is 11. The third-order valence-corrected chi connectivity index (χ3v) is 13.2. The average molecular weight is 986 g/mol. The molecule has 0 aromatic heterocycles. The summed E-state index contributed by atoms with van der Waals surface area (Å²) in [6.07, 6.45) is -3.44. The number of ether oxygens (including phenoxy) is 2. The first-order valence-electron chi connectivity index (χ1n) is 21.8. The van der Waals surface area contributed by atoms with Gasteiger partial charge >= 0.3 is 12.1 Å². The van der Waals surface area contributed by atoms with Gasteiger partial charge in [0.25, 0.3) is 21.6 Å². The Labute approximate surface area is 401 Å². The van der Waals surface area contributed by atoms with Gasteiger partial charge in [0, 0.05) is 80.9 Å². The number of nitrogens with one attached hydrogen (secondary N) is 2. The second-order valence-corrected chi connectivity index (χ2v) is 18.3. The maximum atomic E-state index is 14.1. The zero-order chi connectivity index (χ0) is 49.1. The van der Waals surface area contributed by atoms with Gasteiger partial charge in [-0.3, -0.25) is 19.8 Å². The molecule has 1 amide bonds. The lowest BCUT2D eigenvalue weighted by Gasteiger charge is -2.36. The minimum absolute atomic E-state index is 0.0260. The van der Waals surface area contributed by atoms with E-state index in [0.29, 0.717) is 43.6 Å². The number of amides is 1. The van der Waals surface area contributed by atoms with E-state index in [4.69, 9.17) is 31.0 Å². The predicted octanol–water partition coefficient (Wildman–Crippen LogP) is 10.3. The van der Waals surface area contributed by atoms with Crippen molar-refractivity contribution in [2.24, 2.45) is 5.92 Å². The normalized spacial score (nSPS) is 14.5. The summed E-state index contributed by atoms with van der Waals surface area (Å²) >= 11 is 6.17. The summed E-state index contributed by atoms with van der Waals surface area (Å²) in [6.45, 7) is 5.44. The molecule has 0 radical (unpaired) electrons. The molecule has 0 bridgehead atoms. The number of para-hydroxylation sites is 1. The predicted molar refractivity (Wildman–Crippen MR) is 256 cm³/mol. The van der Waals surface area contributed by atoms with E-state index < -0.39 is 43.6 Å². The SMILES string of the molecule is O=C(NS(=O)(=O)c1ccc(NCC2CCOCC2)c([N+](=O)[O-])c1)c1ccc(N2CCN(Cc3ccccc3-c3ccc(Cl)cc3)CC2)cc1Oc1ccccc1-c1ccccc1.O=C(O)C(F)(F)F. The molecule has 2 aliphatic heterocycles. The Bertz CT molecular complexity index is 2880. The van der Waals surface area contributed by atoms with E-state index in [1.165, 1.54) is 17.7 Å². The standard InChI is InChI=1S/C48H46ClN5O7S.C2HF3O2/c49-38-16-14-36(15-17-38)41-11-5-4-10-37(41)33-52-24-26-53(27-25-52)39-18-20-43(47(30-39)61-46-13-7-6-12-42(46)35-8-2-1-3-9-35)48(55)51-62(58,59)40-19-21-44(45(31-40)54(56)57)50-32-34-22-28-60-29-23-34;3-2(4,5)1(6)7/h1-21,30-31,34,50H,22-29,32-33H2,(H,51,55);(H,6,7). The average Bonchev–Trinajstić information content (AvgIpc) is 3.34. The molecular formula is C50H47ClF3N5O9S. The number of benzene rings is 6. The Kier molecular flexibility index (Phi) is 16.2. The minimum atomic E-state index is -5.08. The highest BCUT2D eigenvalue weighted by Crippen LogP contribution is 2.37. The molecule has 8 rings (SSSR count). The molecule has 2 heterocycles. The largest absolute Gasteiger partial charge is 0.490 e. The molecule has 0 aliphatic carbocycles. The number of carboxylic acid groups (broad SMARTS) is 1. The number of aliphatic carboxylic acids is 1. The fourth-order valence-corrected chi connectivity index (χ4v) is 9.02. The van der Waals surface area contributed by atoms with Crippen LogP contribution in [0.5, 0.6) is 11.5 Å². The van der Waals surface area contributed by atoms with E-state index in [0.717, 1.165) is 66.5 Å². The quantitative estimate of drug-likeness (QED) is 0.0695. The molecule has 0 atom stereocenters. The van der Waals surface area contributed by atoms with Crippen molar-refractivity contribution in [1.29, 1.82) is 0 Å². The van der Waals surface area contributed by atoms with Crippen LogP contribution in [0.15, 0.2) is 144 Å². The number of alkyl halides is 3. The number of halogens is 4. The molecule has 2 aliphatic rings. The molecule has 69 heavy (non-hydrogen) atoms. The van der Waals surface area contributed by atoms with Gasteiger partial charge in [-0.1, -0.05) is 96.5 Å². The second-order valence-electron chi connectivity index (χ2n) is 16.2. The van der Waals surface area contributed by atoms with Crippen LogP contribution in [0.4, 0.5) is 30.2 Å². The molecule has 2 saturated heterocycles. The number of carboxylic acids is 1. The van der Waals surface area contributed by atoms with Crippen molar-refractivity contribution in [3.05, 3.63) is 166 Å². The lowest BCUT2D eigenvalue weighted by Crippen LogP contribution is -2.46. The Morgan fingerprint density at radius 1 is 0.797 bits per heavy atom. The molecule has 14 nitrogen and oxygen atoms in total. The monoisotopic (exact) mass is 985 g/mol. The van der Waals surface area contributed by atoms with Gasteiger partial charge in [0.05, 0.1) is 15.4 Å². The fraction of sp³-hybridized carbons (Fsp3) is 0.240. The highest BCUT2D eigenvalue weighted by molar-refractivity contribution is 7.90. The van der Waals surface area contributed by atoms with Gasteiger partial charge in [-0.05, 0) is 83.5 Å². The van der Waals surface area contributed by atoms with Crippen LogP contribution in [0, 0.1) is 16.0 Å². The summed E-state index contributed by atoms with van der Waals surface area (Å²) in [5.74, 6) is -2.81. The smallest absolute Gasteiger partial charge is 0.475 e. The summed E-state index contributed by atoms with van der Waals surface area (Å²) in [6, 6.07) is 42.0. The molecule has 6 aromatic rings. The third-order valence-electron chi connectivity index (χ3n) is 11.6. The second kappa shape index (κ2) is 22.4. The van der Waals surface area contributed by atoms with Crippen molar-refractivity contribution in [3.63, 3.8) is 0 Å². The Morgan fingerprint density at radius 2 is 1.42 bits per heavy atom. The zero-order valence-corrected chi connectivity index (χ0v) is 38.5. The number of carbonyl (C=O) groups is 2. The molecule has 0 saturated carbocycles. The summed E-state index contributed by atoms with van der Waals surface area (Å²) in [4.78, 5) is 38.6. The number of nitrogens with zero attached hydrogens (tertiary/aromatic N) is 3. The van der Waals surface area contributed by atoms with E-state index in [2.05, 4.69) is 38.0 Å². The lowest BCUT2D eigenvalue weighted by atomic mass is 9.99. The van der Waals surface area contributed by atoms with E-state index >= 15 is 0 Å². The number of carbonyl (C=O) groups excluding carboxylic acids is 1. The molecule has 3 N–H and O–H groups in total. The zero-order valence-electron chi connectivity index (χ0n) is 36.9. The van der Waals surface area contributed by atoms with Gasteiger partial charge in [-0.2, -0.15) is 13.2 Å². The van der Waals surface area contributed by atoms with Crippen LogP contribution in [0.25, 0.3) is 22.3 Å². The fourth-order valence-electron chi connectivity index (χ4n) is 7.90. The topological polar surface area (TPSA) is 181 Å². The van der Waals surface area contributed by atoms with Gasteiger partial charge in [-0.25, -0.2) is 17.9 Å².